The number of hydrogen-bond donors (Lipinski definition) is 0. The van der Waals surface area contributed by atoms with Crippen LogP contribution in [0.2, 0.25) is 0 Å². The molecule has 0 saturated heterocycles. The third kappa shape index (κ3) is 1.56. The molecule has 0 heterocycles. The second-order valence-corrected chi connectivity index (χ2v) is 10.9. The van der Waals surface area contributed by atoms with Crippen molar-refractivity contribution < 1.29 is 0 Å². The molecule has 7 atom stereocenters. The van der Waals surface area contributed by atoms with Crippen molar-refractivity contribution in [2.75, 3.05) is 0 Å². The Morgan fingerprint density at radius 3 is 2.00 bits per heavy atom. The van der Waals surface area contributed by atoms with E-state index < -0.39 is 14.1 Å². The molecule has 0 aromatic heterocycles. The second-order valence-electron chi connectivity index (χ2n) is 7.59. The zero-order chi connectivity index (χ0) is 17.1. The summed E-state index contributed by atoms with van der Waals surface area (Å²) in [7, 11) is 0. The fraction of sp³-hybridized carbons (Fsp3) is 0.556. The lowest BCUT2D eigenvalue weighted by molar-refractivity contribution is 0.196. The zero-order valence-corrected chi connectivity index (χ0v) is 17.0. The molecule has 0 spiro atoms. The smallest absolute Gasteiger partial charge is 0.109 e. The van der Waals surface area contributed by atoms with Gasteiger partial charge >= 0.3 is 0 Å². The number of allylic oxidation sites excluding steroid dienone is 2. The molecule has 0 N–H and O–H groups in total. The van der Waals surface area contributed by atoms with E-state index in [-0.39, 0.29) is 11.8 Å². The van der Waals surface area contributed by atoms with Crippen molar-refractivity contribution in [1.29, 1.82) is 0 Å². The van der Waals surface area contributed by atoms with Gasteiger partial charge in [0.25, 0.3) is 0 Å². The van der Waals surface area contributed by atoms with Crippen LogP contribution in [-0.4, -0.2) is 14.1 Å². The fourth-order valence-electron chi connectivity index (χ4n) is 6.13. The Morgan fingerprint density at radius 2 is 1.38 bits per heavy atom. The van der Waals surface area contributed by atoms with E-state index in [1.807, 2.05) is 6.07 Å². The van der Waals surface area contributed by atoms with E-state index >= 15 is 0 Å². The van der Waals surface area contributed by atoms with Crippen LogP contribution in [-0.2, 0) is 0 Å². The number of fused-ring (bicyclic) bond motifs is 9. The predicted molar refractivity (Wildman–Crippen MR) is 103 cm³/mol. The summed E-state index contributed by atoms with van der Waals surface area (Å²) in [5.74, 6) is 1.35. The van der Waals surface area contributed by atoms with Crippen molar-refractivity contribution in [3.63, 3.8) is 0 Å². The lowest BCUT2D eigenvalue weighted by Crippen LogP contribution is -2.46. The summed E-state index contributed by atoms with van der Waals surface area (Å²) in [4.78, 5) is -2.18. The van der Waals surface area contributed by atoms with Gasteiger partial charge in [0.2, 0.25) is 0 Å². The first-order valence-electron chi connectivity index (χ1n) is 8.13. The maximum atomic E-state index is 7.05. The quantitative estimate of drug-likeness (QED) is 0.328. The van der Waals surface area contributed by atoms with Crippen LogP contribution in [0.25, 0.3) is 0 Å². The van der Waals surface area contributed by atoms with E-state index in [9.17, 15) is 0 Å². The average Bonchev–Trinajstić information content (AvgIpc) is 3.22. The molecule has 0 nitrogen and oxygen atoms in total. The molecule has 0 amide bonds. The summed E-state index contributed by atoms with van der Waals surface area (Å²) in [5, 5.41) is 0.683. The van der Waals surface area contributed by atoms with Crippen LogP contribution >= 0.6 is 69.6 Å². The van der Waals surface area contributed by atoms with Crippen LogP contribution in [0.15, 0.2) is 40.4 Å². The van der Waals surface area contributed by atoms with Gasteiger partial charge in [0, 0.05) is 0 Å². The van der Waals surface area contributed by atoms with Gasteiger partial charge in [-0.25, -0.2) is 0 Å². The molecule has 4 bridgehead atoms. The summed E-state index contributed by atoms with van der Waals surface area (Å²) in [6.07, 6.45) is 2.15. The Balaban J connectivity index is 1.65. The molecule has 6 heteroatoms. The molecule has 3 fully saturated rings. The first-order chi connectivity index (χ1) is 11.3. The number of rotatable bonds is 1. The van der Waals surface area contributed by atoms with Gasteiger partial charge in [0.1, 0.15) is 9.75 Å². The van der Waals surface area contributed by atoms with Crippen LogP contribution in [0, 0.1) is 23.7 Å². The van der Waals surface area contributed by atoms with Gasteiger partial charge in [-0.1, -0.05) is 76.7 Å². The van der Waals surface area contributed by atoms with Crippen molar-refractivity contribution in [3.05, 3.63) is 46.0 Å². The second kappa shape index (κ2) is 4.94. The normalized spacial score (nSPS) is 50.7. The Hall–Kier alpha value is 0.700. The van der Waals surface area contributed by atoms with Gasteiger partial charge in [0.15, 0.2) is 4.33 Å². The van der Waals surface area contributed by atoms with E-state index in [1.165, 1.54) is 5.56 Å². The van der Waals surface area contributed by atoms with Crippen LogP contribution < -0.4 is 0 Å². The third-order valence-corrected chi connectivity index (χ3v) is 11.2. The molecule has 24 heavy (non-hydrogen) atoms. The summed E-state index contributed by atoms with van der Waals surface area (Å²) < 4.78 is -1.39. The van der Waals surface area contributed by atoms with Crippen LogP contribution in [0.3, 0.4) is 0 Å². The largest absolute Gasteiger partial charge is 0.166 e. The monoisotopic (exact) mass is 440 g/mol. The van der Waals surface area contributed by atoms with Gasteiger partial charge in [-0.2, -0.15) is 0 Å². The molecule has 1 aromatic rings. The van der Waals surface area contributed by atoms with Crippen molar-refractivity contribution in [1.82, 2.24) is 0 Å². The minimum atomic E-state index is -1.39. The maximum Gasteiger partial charge on any atom is 0.166 e. The van der Waals surface area contributed by atoms with Crippen LogP contribution in [0.1, 0.15) is 24.3 Å². The van der Waals surface area contributed by atoms with Gasteiger partial charge in [-0.15, -0.1) is 23.2 Å². The fourth-order valence-corrected chi connectivity index (χ4v) is 9.28. The van der Waals surface area contributed by atoms with Gasteiger partial charge in [0.05, 0.1) is 10.1 Å². The third-order valence-electron chi connectivity index (χ3n) is 6.90. The van der Waals surface area contributed by atoms with E-state index in [4.69, 9.17) is 69.6 Å². The summed E-state index contributed by atoms with van der Waals surface area (Å²) >= 11 is 40.6. The summed E-state index contributed by atoms with van der Waals surface area (Å²) in [6.45, 7) is 0. The summed E-state index contributed by atoms with van der Waals surface area (Å²) in [5.41, 5.74) is 1.34. The topological polar surface area (TPSA) is 0 Å². The molecule has 4 aliphatic rings. The SMILES string of the molecule is ClC1=C(Cl)[C@@]2(Cl)[C@@H]3[C@H]4C[C@@H](C[C@H]4c4ccccc4)[C@H]3[C@@]1(Cl)C2(Cl)Cl. The molecule has 3 saturated carbocycles. The average molecular weight is 443 g/mol. The maximum absolute atomic E-state index is 7.05. The van der Waals surface area contributed by atoms with Gasteiger partial charge in [-0.05, 0) is 48.0 Å². The molecule has 0 aliphatic heterocycles. The molecule has 128 valence electrons. The molecule has 1 aromatic carbocycles. The highest BCUT2D eigenvalue weighted by Crippen LogP contribution is 2.83. The van der Waals surface area contributed by atoms with E-state index in [0.717, 1.165) is 12.8 Å². The highest BCUT2D eigenvalue weighted by atomic mass is 35.5. The van der Waals surface area contributed by atoms with Crippen molar-refractivity contribution >= 4 is 69.6 Å². The van der Waals surface area contributed by atoms with E-state index in [1.54, 1.807) is 0 Å². The van der Waals surface area contributed by atoms with Crippen LogP contribution in [0.5, 0.6) is 0 Å². The molecule has 4 aliphatic carbocycles. The predicted octanol–water partition coefficient (Wildman–Crippen LogP) is 6.89. The first kappa shape index (κ1) is 16.8. The Labute approximate surface area is 171 Å². The Bertz CT molecular complexity index is 758. The Morgan fingerprint density at radius 1 is 0.792 bits per heavy atom. The lowest BCUT2D eigenvalue weighted by atomic mass is 9.67. The number of benzene rings is 1. The van der Waals surface area contributed by atoms with Gasteiger partial charge in [-0.3, -0.25) is 0 Å². The highest BCUT2D eigenvalue weighted by molar-refractivity contribution is 6.65. The molecular weight excluding hydrogens is 429 g/mol. The first-order valence-corrected chi connectivity index (χ1v) is 10.4. The van der Waals surface area contributed by atoms with Gasteiger partial charge < -0.3 is 0 Å². The van der Waals surface area contributed by atoms with E-state index in [0.29, 0.717) is 27.8 Å². The van der Waals surface area contributed by atoms with Crippen LogP contribution in [0.4, 0.5) is 0 Å². The number of halogens is 6. The molecule has 0 radical (unpaired) electrons. The van der Waals surface area contributed by atoms with Crippen molar-refractivity contribution in [2.24, 2.45) is 23.7 Å². The molecule has 5 rings (SSSR count). The lowest BCUT2D eigenvalue weighted by Gasteiger charge is -2.42. The summed E-state index contributed by atoms with van der Waals surface area (Å²) in [6, 6.07) is 10.6. The van der Waals surface area contributed by atoms with Crippen molar-refractivity contribution in [3.8, 4) is 0 Å². The van der Waals surface area contributed by atoms with Crippen molar-refractivity contribution in [2.45, 2.75) is 32.8 Å². The van der Waals surface area contributed by atoms with E-state index in [2.05, 4.69) is 24.3 Å². The number of alkyl halides is 4. The molecular formula is C18H14Cl6. The minimum Gasteiger partial charge on any atom is -0.109 e. The highest BCUT2D eigenvalue weighted by Gasteiger charge is 2.86. The Kier molecular flexibility index (Phi) is 3.47. The minimum absolute atomic E-state index is 0.0469. The zero-order valence-electron chi connectivity index (χ0n) is 12.5. The molecule has 0 unspecified atom stereocenters. The number of hydrogen-bond acceptors (Lipinski definition) is 0. The standard InChI is InChI=1S/C18H14Cl6/c19-14-15(20)17(22)13-11-7-9(12(13)16(14,21)18(17,23)24)6-10(11)8-4-2-1-3-5-8/h1-5,9-13H,6-7H2/t9-,10+,11+,12-,13-,16+,17+/m1/s1.